The summed E-state index contributed by atoms with van der Waals surface area (Å²) < 4.78 is 0. The van der Waals surface area contributed by atoms with E-state index in [0.29, 0.717) is 0 Å². The third-order valence-electron chi connectivity index (χ3n) is 3.24. The van der Waals surface area contributed by atoms with Crippen LogP contribution in [0.15, 0.2) is 6.20 Å². The number of hydrogen-bond donors (Lipinski definition) is 2. The van der Waals surface area contributed by atoms with Crippen LogP contribution in [0, 0.1) is 5.92 Å². The number of rotatable bonds is 6. The Kier molecular flexibility index (Phi) is 5.13. The van der Waals surface area contributed by atoms with Gasteiger partial charge in [-0.15, -0.1) is 11.3 Å². The fourth-order valence-corrected chi connectivity index (χ4v) is 3.12. The molecule has 0 radical (unpaired) electrons. The maximum atomic E-state index is 11.9. The molecule has 1 aliphatic heterocycles. The van der Waals surface area contributed by atoms with Crippen LogP contribution in [0.5, 0.6) is 0 Å². The average molecular weight is 267 g/mol. The largest absolute Gasteiger partial charge is 0.351 e. The van der Waals surface area contributed by atoms with Crippen molar-refractivity contribution in [3.8, 4) is 0 Å². The van der Waals surface area contributed by atoms with Crippen molar-refractivity contribution in [3.05, 3.63) is 16.1 Å². The van der Waals surface area contributed by atoms with E-state index in [1.807, 2.05) is 0 Å². The van der Waals surface area contributed by atoms with Crippen molar-refractivity contribution in [1.82, 2.24) is 15.6 Å². The second-order valence-corrected chi connectivity index (χ2v) is 5.89. The van der Waals surface area contributed by atoms with Crippen LogP contribution in [0.2, 0.25) is 0 Å². The summed E-state index contributed by atoms with van der Waals surface area (Å²) in [6.45, 7) is 5.11. The SMILES string of the molecule is CCCc1ncc(C(=O)NCCC2CCNC2)s1. The molecule has 2 rings (SSSR count). The van der Waals surface area contributed by atoms with E-state index in [1.54, 1.807) is 6.20 Å². The molecule has 2 N–H and O–H groups in total. The van der Waals surface area contributed by atoms with Gasteiger partial charge in [-0.25, -0.2) is 4.98 Å². The van der Waals surface area contributed by atoms with Gasteiger partial charge in [0.05, 0.1) is 11.2 Å². The van der Waals surface area contributed by atoms with Gasteiger partial charge in [-0.2, -0.15) is 0 Å². The lowest BCUT2D eigenvalue weighted by Gasteiger charge is -2.08. The molecule has 0 aromatic carbocycles. The van der Waals surface area contributed by atoms with Crippen LogP contribution in [0.4, 0.5) is 0 Å². The Labute approximate surface area is 112 Å². The third kappa shape index (κ3) is 3.78. The number of hydrogen-bond acceptors (Lipinski definition) is 4. The molecule has 0 spiro atoms. The van der Waals surface area contributed by atoms with Gasteiger partial charge < -0.3 is 10.6 Å². The van der Waals surface area contributed by atoms with Crippen molar-refractivity contribution in [2.24, 2.45) is 5.92 Å². The van der Waals surface area contributed by atoms with Crippen molar-refractivity contribution in [2.75, 3.05) is 19.6 Å². The molecule has 2 heterocycles. The van der Waals surface area contributed by atoms with E-state index in [-0.39, 0.29) is 5.91 Å². The Hall–Kier alpha value is -0.940. The number of amides is 1. The molecule has 1 saturated heterocycles. The van der Waals surface area contributed by atoms with Gasteiger partial charge in [0, 0.05) is 6.54 Å². The summed E-state index contributed by atoms with van der Waals surface area (Å²) in [7, 11) is 0. The smallest absolute Gasteiger partial charge is 0.263 e. The molecule has 1 amide bonds. The molecule has 4 nitrogen and oxygen atoms in total. The first-order chi connectivity index (χ1) is 8.79. The maximum absolute atomic E-state index is 11.9. The molecule has 1 aromatic heterocycles. The lowest BCUT2D eigenvalue weighted by atomic mass is 10.1. The Bertz CT molecular complexity index is 385. The molecule has 1 aliphatic rings. The highest BCUT2D eigenvalue weighted by atomic mass is 32.1. The van der Waals surface area contributed by atoms with E-state index in [9.17, 15) is 4.79 Å². The molecule has 1 fully saturated rings. The van der Waals surface area contributed by atoms with E-state index in [2.05, 4.69) is 22.5 Å². The number of nitrogens with one attached hydrogen (secondary N) is 2. The van der Waals surface area contributed by atoms with Gasteiger partial charge in [-0.3, -0.25) is 4.79 Å². The first kappa shape index (κ1) is 13.5. The molecule has 1 atom stereocenters. The molecule has 1 aromatic rings. The normalized spacial score (nSPS) is 19.1. The minimum atomic E-state index is 0.0285. The van der Waals surface area contributed by atoms with Gasteiger partial charge in [0.25, 0.3) is 5.91 Å². The summed E-state index contributed by atoms with van der Waals surface area (Å²) in [5.74, 6) is 0.753. The molecule has 18 heavy (non-hydrogen) atoms. The molecule has 0 bridgehead atoms. The number of nitrogens with zero attached hydrogens (tertiary/aromatic N) is 1. The predicted molar refractivity (Wildman–Crippen MR) is 74.0 cm³/mol. The zero-order chi connectivity index (χ0) is 12.8. The van der Waals surface area contributed by atoms with Crippen LogP contribution in [-0.2, 0) is 6.42 Å². The molecular weight excluding hydrogens is 246 g/mol. The second kappa shape index (κ2) is 6.85. The van der Waals surface area contributed by atoms with Crippen molar-refractivity contribution in [2.45, 2.75) is 32.6 Å². The van der Waals surface area contributed by atoms with E-state index in [4.69, 9.17) is 0 Å². The maximum Gasteiger partial charge on any atom is 0.263 e. The predicted octanol–water partition coefficient (Wildman–Crippen LogP) is 1.82. The first-order valence-electron chi connectivity index (χ1n) is 6.73. The van der Waals surface area contributed by atoms with Crippen LogP contribution in [0.3, 0.4) is 0 Å². The molecule has 0 aliphatic carbocycles. The van der Waals surface area contributed by atoms with Crippen LogP contribution >= 0.6 is 11.3 Å². The first-order valence-corrected chi connectivity index (χ1v) is 7.55. The summed E-state index contributed by atoms with van der Waals surface area (Å²) in [6.07, 6.45) is 6.04. The minimum Gasteiger partial charge on any atom is -0.351 e. The van der Waals surface area contributed by atoms with Gasteiger partial charge in [-0.05, 0) is 44.7 Å². The monoisotopic (exact) mass is 267 g/mol. The fourth-order valence-electron chi connectivity index (χ4n) is 2.18. The average Bonchev–Trinajstić information content (AvgIpc) is 3.00. The Morgan fingerprint density at radius 1 is 1.67 bits per heavy atom. The molecule has 1 unspecified atom stereocenters. The minimum absolute atomic E-state index is 0.0285. The lowest BCUT2D eigenvalue weighted by Crippen LogP contribution is -2.25. The highest BCUT2D eigenvalue weighted by molar-refractivity contribution is 7.13. The second-order valence-electron chi connectivity index (χ2n) is 4.77. The number of aryl methyl sites for hydroxylation is 1. The van der Waals surface area contributed by atoms with Crippen LogP contribution < -0.4 is 10.6 Å². The van der Waals surface area contributed by atoms with E-state index in [1.165, 1.54) is 17.8 Å². The summed E-state index contributed by atoms with van der Waals surface area (Å²) in [5.41, 5.74) is 0. The number of thiazole rings is 1. The van der Waals surface area contributed by atoms with Gasteiger partial charge in [-0.1, -0.05) is 6.92 Å². The van der Waals surface area contributed by atoms with E-state index < -0.39 is 0 Å². The van der Waals surface area contributed by atoms with Crippen molar-refractivity contribution in [3.63, 3.8) is 0 Å². The highest BCUT2D eigenvalue weighted by Gasteiger charge is 2.15. The molecule has 0 saturated carbocycles. The lowest BCUT2D eigenvalue weighted by molar-refractivity contribution is 0.0955. The molecule has 5 heteroatoms. The van der Waals surface area contributed by atoms with Gasteiger partial charge >= 0.3 is 0 Å². The summed E-state index contributed by atoms with van der Waals surface area (Å²) in [5, 5.41) is 7.38. The van der Waals surface area contributed by atoms with E-state index in [0.717, 1.165) is 54.7 Å². The van der Waals surface area contributed by atoms with Crippen LogP contribution in [-0.4, -0.2) is 30.5 Å². The van der Waals surface area contributed by atoms with Crippen molar-refractivity contribution < 1.29 is 4.79 Å². The van der Waals surface area contributed by atoms with E-state index >= 15 is 0 Å². The standard InChI is InChI=1S/C13H21N3OS/c1-2-3-12-16-9-11(18-12)13(17)15-7-5-10-4-6-14-8-10/h9-10,14H,2-8H2,1H3,(H,15,17). The zero-order valence-electron chi connectivity index (χ0n) is 10.9. The summed E-state index contributed by atoms with van der Waals surface area (Å²) in [4.78, 5) is 16.9. The van der Waals surface area contributed by atoms with Crippen LogP contribution in [0.1, 0.15) is 40.9 Å². The Morgan fingerprint density at radius 2 is 2.56 bits per heavy atom. The quantitative estimate of drug-likeness (QED) is 0.826. The summed E-state index contributed by atoms with van der Waals surface area (Å²) in [6, 6.07) is 0. The van der Waals surface area contributed by atoms with Crippen molar-refractivity contribution >= 4 is 17.2 Å². The highest BCUT2D eigenvalue weighted by Crippen LogP contribution is 2.15. The Morgan fingerprint density at radius 3 is 3.28 bits per heavy atom. The van der Waals surface area contributed by atoms with Gasteiger partial charge in [0.1, 0.15) is 4.88 Å². The fraction of sp³-hybridized carbons (Fsp3) is 0.692. The Balaban J connectivity index is 1.72. The molecule has 100 valence electrons. The number of carbonyl (C=O) groups excluding carboxylic acids is 1. The molecular formula is C13H21N3OS. The van der Waals surface area contributed by atoms with Gasteiger partial charge in [0.2, 0.25) is 0 Å². The summed E-state index contributed by atoms with van der Waals surface area (Å²) >= 11 is 1.51. The zero-order valence-corrected chi connectivity index (χ0v) is 11.7. The van der Waals surface area contributed by atoms with Crippen molar-refractivity contribution in [1.29, 1.82) is 0 Å². The topological polar surface area (TPSA) is 54.0 Å². The van der Waals surface area contributed by atoms with Crippen LogP contribution in [0.25, 0.3) is 0 Å². The third-order valence-corrected chi connectivity index (χ3v) is 4.30. The van der Waals surface area contributed by atoms with Gasteiger partial charge in [0.15, 0.2) is 0 Å². The number of carbonyl (C=O) groups is 1. The number of aromatic nitrogens is 1.